The minimum Gasteiger partial charge on any atom is -0.374 e. The second-order valence-corrected chi connectivity index (χ2v) is 5.25. The second kappa shape index (κ2) is 5.40. The van der Waals surface area contributed by atoms with E-state index >= 15 is 0 Å². The van der Waals surface area contributed by atoms with Crippen molar-refractivity contribution < 1.29 is 0 Å². The van der Waals surface area contributed by atoms with Gasteiger partial charge in [-0.15, -0.1) is 10.2 Å². The molecule has 20 heavy (non-hydrogen) atoms. The average Bonchev–Trinajstić information content (AvgIpc) is 2.86. The number of hydrogen-bond acceptors (Lipinski definition) is 7. The van der Waals surface area contributed by atoms with Gasteiger partial charge >= 0.3 is 0 Å². The Balaban J connectivity index is 1.79. The summed E-state index contributed by atoms with van der Waals surface area (Å²) in [5, 5.41) is 12.5. The Morgan fingerprint density at radius 1 is 1.10 bits per heavy atom. The summed E-state index contributed by atoms with van der Waals surface area (Å²) in [7, 11) is 0. The predicted molar refractivity (Wildman–Crippen MR) is 80.1 cm³/mol. The molecular weight excluding hydrogens is 296 g/mol. The second-order valence-electron chi connectivity index (χ2n) is 3.85. The Hall–Kier alpha value is -2.25. The molecule has 3 aromatic rings. The van der Waals surface area contributed by atoms with E-state index in [-0.39, 0.29) is 0 Å². The predicted octanol–water partition coefficient (Wildman–Crippen LogP) is 2.97. The maximum absolute atomic E-state index is 5.80. The van der Waals surface area contributed by atoms with Gasteiger partial charge in [-0.05, 0) is 30.3 Å². The zero-order valence-electron chi connectivity index (χ0n) is 10.1. The normalized spacial score (nSPS) is 10.4. The molecule has 0 saturated heterocycles. The van der Waals surface area contributed by atoms with Gasteiger partial charge in [-0.3, -0.25) is 0 Å². The number of hydrogen-bond donors (Lipinski definition) is 2. The molecule has 6 nitrogen and oxygen atoms in total. The van der Waals surface area contributed by atoms with Gasteiger partial charge in [0.1, 0.15) is 10.2 Å². The van der Waals surface area contributed by atoms with E-state index in [4.69, 9.17) is 17.3 Å². The molecule has 0 atom stereocenters. The lowest BCUT2D eigenvalue weighted by molar-refractivity contribution is 1.10. The highest BCUT2D eigenvalue weighted by Crippen LogP contribution is 2.26. The van der Waals surface area contributed by atoms with Crippen LogP contribution in [0, 0.1) is 0 Å². The molecule has 0 aliphatic heterocycles. The van der Waals surface area contributed by atoms with E-state index in [0.717, 1.165) is 16.3 Å². The summed E-state index contributed by atoms with van der Waals surface area (Å²) in [5.74, 6) is 0.449. The van der Waals surface area contributed by atoms with Crippen LogP contribution in [-0.4, -0.2) is 20.2 Å². The molecule has 0 radical (unpaired) electrons. The molecule has 0 bridgehead atoms. The highest BCUT2D eigenvalue weighted by atomic mass is 35.5. The summed E-state index contributed by atoms with van der Waals surface area (Å²) in [5.41, 5.74) is 7.38. The van der Waals surface area contributed by atoms with Crippen LogP contribution < -0.4 is 11.1 Å². The van der Waals surface area contributed by atoms with Crippen molar-refractivity contribution in [2.24, 2.45) is 0 Å². The lowest BCUT2D eigenvalue weighted by atomic mass is 10.2. The molecule has 0 aliphatic rings. The largest absolute Gasteiger partial charge is 0.374 e. The van der Waals surface area contributed by atoms with Crippen LogP contribution >= 0.6 is 22.9 Å². The molecule has 0 saturated carbocycles. The van der Waals surface area contributed by atoms with Crippen molar-refractivity contribution in [3.05, 3.63) is 41.7 Å². The van der Waals surface area contributed by atoms with E-state index in [1.165, 1.54) is 11.3 Å². The summed E-state index contributed by atoms with van der Waals surface area (Å²) in [6.45, 7) is 0. The first-order valence-electron chi connectivity index (χ1n) is 5.66. The van der Waals surface area contributed by atoms with Crippen LogP contribution in [0.2, 0.25) is 5.15 Å². The standard InChI is InChI=1S/C12H9ClN6S/c13-9-5-6-15-12(17-9)16-8-3-1-7(2-4-8)10-18-19-11(14)20-10/h1-6H,(H2,14,19)(H,15,16,17). The van der Waals surface area contributed by atoms with E-state index in [1.807, 2.05) is 24.3 Å². The van der Waals surface area contributed by atoms with Crippen molar-refractivity contribution >= 4 is 39.7 Å². The fraction of sp³-hybridized carbons (Fsp3) is 0. The zero-order chi connectivity index (χ0) is 13.9. The molecule has 3 N–H and O–H groups in total. The first-order chi connectivity index (χ1) is 9.70. The van der Waals surface area contributed by atoms with Gasteiger partial charge in [0.15, 0.2) is 0 Å². The van der Waals surface area contributed by atoms with E-state index in [9.17, 15) is 0 Å². The van der Waals surface area contributed by atoms with Gasteiger partial charge in [0.25, 0.3) is 0 Å². The monoisotopic (exact) mass is 304 g/mol. The van der Waals surface area contributed by atoms with Crippen molar-refractivity contribution in [3.8, 4) is 10.6 Å². The fourth-order valence-electron chi connectivity index (χ4n) is 1.57. The maximum Gasteiger partial charge on any atom is 0.228 e. The Bertz CT molecular complexity index is 727. The van der Waals surface area contributed by atoms with Gasteiger partial charge in [0, 0.05) is 17.4 Å². The highest BCUT2D eigenvalue weighted by molar-refractivity contribution is 7.18. The van der Waals surface area contributed by atoms with Crippen molar-refractivity contribution in [1.82, 2.24) is 20.2 Å². The van der Waals surface area contributed by atoms with Gasteiger partial charge in [0.2, 0.25) is 11.1 Å². The van der Waals surface area contributed by atoms with Crippen molar-refractivity contribution in [3.63, 3.8) is 0 Å². The van der Waals surface area contributed by atoms with E-state index in [0.29, 0.717) is 16.2 Å². The molecule has 1 aromatic carbocycles. The smallest absolute Gasteiger partial charge is 0.228 e. The van der Waals surface area contributed by atoms with Gasteiger partial charge in [-0.2, -0.15) is 0 Å². The highest BCUT2D eigenvalue weighted by Gasteiger charge is 2.05. The minimum atomic E-state index is 0.392. The van der Waals surface area contributed by atoms with E-state index in [1.54, 1.807) is 12.3 Å². The van der Waals surface area contributed by atoms with Crippen molar-refractivity contribution in [1.29, 1.82) is 0 Å². The quantitative estimate of drug-likeness (QED) is 0.723. The molecule has 0 amide bonds. The molecule has 100 valence electrons. The molecule has 2 heterocycles. The van der Waals surface area contributed by atoms with Crippen LogP contribution in [0.4, 0.5) is 16.8 Å². The number of nitrogens with zero attached hydrogens (tertiary/aromatic N) is 4. The third kappa shape index (κ3) is 2.84. The SMILES string of the molecule is Nc1nnc(-c2ccc(Nc3nccc(Cl)n3)cc2)s1. The Kier molecular flexibility index (Phi) is 3.44. The topological polar surface area (TPSA) is 89.6 Å². The molecule has 0 spiro atoms. The molecule has 0 aliphatic carbocycles. The molecule has 2 aromatic heterocycles. The average molecular weight is 305 g/mol. The summed E-state index contributed by atoms with van der Waals surface area (Å²) < 4.78 is 0. The van der Waals surface area contributed by atoms with Crippen LogP contribution in [-0.2, 0) is 0 Å². The van der Waals surface area contributed by atoms with Gasteiger partial charge in [-0.25, -0.2) is 9.97 Å². The first kappa shape index (κ1) is 12.8. The Morgan fingerprint density at radius 2 is 1.90 bits per heavy atom. The van der Waals surface area contributed by atoms with E-state index < -0.39 is 0 Å². The van der Waals surface area contributed by atoms with Gasteiger partial charge in [-0.1, -0.05) is 22.9 Å². The first-order valence-corrected chi connectivity index (χ1v) is 6.85. The number of nitrogen functional groups attached to an aromatic ring is 1. The van der Waals surface area contributed by atoms with Gasteiger partial charge < -0.3 is 11.1 Å². The molecule has 8 heteroatoms. The number of nitrogens with two attached hydrogens (primary N) is 1. The number of rotatable bonds is 3. The van der Waals surface area contributed by atoms with Crippen LogP contribution in [0.25, 0.3) is 10.6 Å². The van der Waals surface area contributed by atoms with Crippen LogP contribution in [0.15, 0.2) is 36.5 Å². The Morgan fingerprint density at radius 3 is 2.55 bits per heavy atom. The molecular formula is C12H9ClN6S. The number of nitrogens with one attached hydrogen (secondary N) is 1. The lowest BCUT2D eigenvalue weighted by Crippen LogP contribution is -1.96. The summed E-state index contributed by atoms with van der Waals surface area (Å²) in [4.78, 5) is 8.13. The summed E-state index contributed by atoms with van der Waals surface area (Å²) in [6, 6.07) is 9.27. The molecule has 0 fully saturated rings. The van der Waals surface area contributed by atoms with Crippen LogP contribution in [0.1, 0.15) is 0 Å². The zero-order valence-corrected chi connectivity index (χ0v) is 11.7. The van der Waals surface area contributed by atoms with Gasteiger partial charge in [0.05, 0.1) is 0 Å². The lowest BCUT2D eigenvalue weighted by Gasteiger charge is -2.05. The third-order valence-corrected chi connectivity index (χ3v) is 3.46. The number of aromatic nitrogens is 4. The number of halogens is 1. The van der Waals surface area contributed by atoms with Crippen LogP contribution in [0.3, 0.4) is 0 Å². The van der Waals surface area contributed by atoms with E-state index in [2.05, 4.69) is 25.5 Å². The fourth-order valence-corrected chi connectivity index (χ4v) is 2.33. The number of benzene rings is 1. The third-order valence-electron chi connectivity index (χ3n) is 2.45. The molecule has 3 rings (SSSR count). The van der Waals surface area contributed by atoms with Crippen molar-refractivity contribution in [2.75, 3.05) is 11.1 Å². The Labute approximate surface area is 123 Å². The maximum atomic E-state index is 5.80. The van der Waals surface area contributed by atoms with Crippen LogP contribution in [0.5, 0.6) is 0 Å². The van der Waals surface area contributed by atoms with Crippen molar-refractivity contribution in [2.45, 2.75) is 0 Å². The number of anilines is 3. The molecule has 0 unspecified atom stereocenters. The summed E-state index contributed by atoms with van der Waals surface area (Å²) >= 11 is 7.15. The minimum absolute atomic E-state index is 0.392. The summed E-state index contributed by atoms with van der Waals surface area (Å²) in [6.07, 6.45) is 1.59.